The number of carbonyl (C=O) groups is 2. The monoisotopic (exact) mass is 361 g/mol. The highest BCUT2D eigenvalue weighted by Crippen LogP contribution is 2.11. The van der Waals surface area contributed by atoms with Crippen LogP contribution in [0.2, 0.25) is 0 Å². The van der Waals surface area contributed by atoms with Gasteiger partial charge in [0.2, 0.25) is 5.96 Å². The van der Waals surface area contributed by atoms with Gasteiger partial charge in [-0.15, -0.1) is 0 Å². The number of benzene rings is 2. The van der Waals surface area contributed by atoms with Crippen molar-refractivity contribution in [1.29, 1.82) is 0 Å². The van der Waals surface area contributed by atoms with E-state index in [0.717, 1.165) is 6.26 Å². The number of nitrogens with two attached hydrogens (primary N) is 1. The van der Waals surface area contributed by atoms with Crippen LogP contribution >= 0.6 is 0 Å². The molecular formula is C16H15N3O5S. The van der Waals surface area contributed by atoms with Gasteiger partial charge in [0, 0.05) is 16.7 Å². The van der Waals surface area contributed by atoms with Crippen LogP contribution in [0, 0.1) is 0 Å². The lowest BCUT2D eigenvalue weighted by Gasteiger charge is -2.06. The highest BCUT2D eigenvalue weighted by atomic mass is 32.2. The second-order valence-corrected chi connectivity index (χ2v) is 6.54. The van der Waals surface area contributed by atoms with E-state index in [2.05, 4.69) is 14.8 Å². The molecule has 0 saturated heterocycles. The van der Waals surface area contributed by atoms with Gasteiger partial charge < -0.3 is 5.73 Å². The highest BCUT2D eigenvalue weighted by molar-refractivity contribution is 7.85. The summed E-state index contributed by atoms with van der Waals surface area (Å²) in [4.78, 5) is 24.5. The summed E-state index contributed by atoms with van der Waals surface area (Å²) in [5.74, 6) is -1.44. The minimum atomic E-state index is -3.83. The van der Waals surface area contributed by atoms with Gasteiger partial charge in [-0.1, -0.05) is 42.5 Å². The first-order valence-electron chi connectivity index (χ1n) is 6.99. The molecule has 0 aromatic heterocycles. The minimum Gasteiger partial charge on any atom is -0.367 e. The van der Waals surface area contributed by atoms with Crippen LogP contribution in [0.15, 0.2) is 59.8 Å². The highest BCUT2D eigenvalue weighted by Gasteiger charge is 2.13. The van der Waals surface area contributed by atoms with Gasteiger partial charge in [0.25, 0.3) is 5.91 Å². The van der Waals surface area contributed by atoms with Gasteiger partial charge in [0.1, 0.15) is 0 Å². The van der Waals surface area contributed by atoms with Crippen LogP contribution in [0.3, 0.4) is 0 Å². The molecule has 130 valence electrons. The zero-order valence-corrected chi connectivity index (χ0v) is 14.0. The number of guanidine groups is 1. The van der Waals surface area contributed by atoms with Crippen LogP contribution in [0.5, 0.6) is 0 Å². The summed E-state index contributed by atoms with van der Waals surface area (Å²) in [5.41, 5.74) is 6.33. The second-order valence-electron chi connectivity index (χ2n) is 4.99. The normalized spacial score (nSPS) is 11.6. The lowest BCUT2D eigenvalue weighted by molar-refractivity contribution is 0.0975. The second kappa shape index (κ2) is 7.58. The molecule has 0 fully saturated rings. The van der Waals surface area contributed by atoms with Crippen molar-refractivity contribution in [2.24, 2.45) is 10.9 Å². The first-order chi connectivity index (χ1) is 11.8. The van der Waals surface area contributed by atoms with Crippen LogP contribution in [0.1, 0.15) is 26.3 Å². The Morgan fingerprint density at radius 3 is 2.24 bits per heavy atom. The molecule has 0 spiro atoms. The number of carbonyl (C=O) groups excluding carboxylic acids is 2. The molecule has 0 saturated carbocycles. The Labute approximate surface area is 144 Å². The fourth-order valence-electron chi connectivity index (χ4n) is 1.88. The van der Waals surface area contributed by atoms with Crippen LogP contribution in [0.4, 0.5) is 0 Å². The number of hydrogen-bond acceptors (Lipinski definition) is 6. The molecule has 2 aromatic carbocycles. The number of amides is 1. The first-order valence-corrected chi connectivity index (χ1v) is 8.81. The number of nitrogens with one attached hydrogen (secondary N) is 1. The molecule has 0 bridgehead atoms. The molecule has 25 heavy (non-hydrogen) atoms. The molecule has 0 unspecified atom stereocenters. The van der Waals surface area contributed by atoms with Crippen molar-refractivity contribution in [2.75, 3.05) is 6.26 Å². The van der Waals surface area contributed by atoms with E-state index in [0.29, 0.717) is 11.1 Å². The molecule has 0 aliphatic carbocycles. The summed E-state index contributed by atoms with van der Waals surface area (Å²) in [5, 5.41) is 5.24. The Kier molecular flexibility index (Phi) is 5.50. The number of nitrogens with zero attached hydrogens (tertiary/aromatic N) is 1. The molecule has 0 aliphatic heterocycles. The Balaban J connectivity index is 2.15. The molecule has 1 amide bonds. The molecule has 8 nitrogen and oxygen atoms in total. The Bertz CT molecular complexity index is 924. The van der Waals surface area contributed by atoms with Gasteiger partial charge >= 0.3 is 10.1 Å². The number of rotatable bonds is 5. The quantitative estimate of drug-likeness (QED) is 0.352. The van der Waals surface area contributed by atoms with Crippen molar-refractivity contribution >= 4 is 27.8 Å². The lowest BCUT2D eigenvalue weighted by Crippen LogP contribution is -2.37. The van der Waals surface area contributed by atoms with Crippen LogP contribution in [-0.4, -0.2) is 32.3 Å². The maximum Gasteiger partial charge on any atom is 0.325 e. The van der Waals surface area contributed by atoms with Crippen LogP contribution < -0.4 is 11.1 Å². The van der Waals surface area contributed by atoms with Crippen molar-refractivity contribution < 1.29 is 22.3 Å². The van der Waals surface area contributed by atoms with E-state index in [1.54, 1.807) is 42.5 Å². The van der Waals surface area contributed by atoms with Crippen molar-refractivity contribution in [1.82, 2.24) is 5.32 Å². The third-order valence-corrected chi connectivity index (χ3v) is 3.28. The Morgan fingerprint density at radius 1 is 1.00 bits per heavy atom. The van der Waals surface area contributed by atoms with E-state index in [1.807, 2.05) is 0 Å². The first kappa shape index (κ1) is 18.1. The number of ketones is 1. The summed E-state index contributed by atoms with van der Waals surface area (Å²) in [6.07, 6.45) is 0.782. The predicted octanol–water partition coefficient (Wildman–Crippen LogP) is 0.853. The van der Waals surface area contributed by atoms with E-state index in [-0.39, 0.29) is 11.3 Å². The number of oxime groups is 1. The van der Waals surface area contributed by atoms with E-state index in [9.17, 15) is 18.0 Å². The SMILES string of the molecule is CS(=O)(=O)ON=C(N)NC(=O)c1cccc(C(=O)c2ccccc2)c1. The van der Waals surface area contributed by atoms with Gasteiger partial charge in [-0.2, -0.15) is 8.42 Å². The topological polar surface area (TPSA) is 128 Å². The lowest BCUT2D eigenvalue weighted by atomic mass is 10.0. The van der Waals surface area contributed by atoms with Crippen LogP contribution in [-0.2, 0) is 14.4 Å². The van der Waals surface area contributed by atoms with E-state index >= 15 is 0 Å². The van der Waals surface area contributed by atoms with E-state index in [4.69, 9.17) is 5.73 Å². The molecule has 0 radical (unpaired) electrons. The Morgan fingerprint density at radius 2 is 1.60 bits per heavy atom. The Hall–Kier alpha value is -3.20. The maximum atomic E-state index is 12.4. The van der Waals surface area contributed by atoms with Gasteiger partial charge in [-0.3, -0.25) is 19.2 Å². The zero-order valence-electron chi connectivity index (χ0n) is 13.2. The van der Waals surface area contributed by atoms with Crippen molar-refractivity contribution in [3.05, 3.63) is 71.3 Å². The predicted molar refractivity (Wildman–Crippen MR) is 91.3 cm³/mol. The van der Waals surface area contributed by atoms with E-state index in [1.165, 1.54) is 12.1 Å². The summed E-state index contributed by atoms with van der Waals surface area (Å²) in [7, 11) is -3.83. The van der Waals surface area contributed by atoms with Gasteiger partial charge in [0.05, 0.1) is 6.26 Å². The third kappa shape index (κ3) is 5.43. The minimum absolute atomic E-state index is 0.152. The summed E-state index contributed by atoms with van der Waals surface area (Å²) < 4.78 is 25.7. The zero-order chi connectivity index (χ0) is 18.4. The van der Waals surface area contributed by atoms with Crippen molar-refractivity contribution in [2.45, 2.75) is 0 Å². The summed E-state index contributed by atoms with van der Waals surface area (Å²) in [6, 6.07) is 14.6. The van der Waals surface area contributed by atoms with Crippen molar-refractivity contribution in [3.8, 4) is 0 Å². The fourth-order valence-corrected chi connectivity index (χ4v) is 2.09. The van der Waals surface area contributed by atoms with Gasteiger partial charge in [0.15, 0.2) is 5.78 Å². The summed E-state index contributed by atoms with van der Waals surface area (Å²) in [6.45, 7) is 0. The molecule has 0 atom stereocenters. The molecule has 9 heteroatoms. The van der Waals surface area contributed by atoms with E-state index < -0.39 is 22.0 Å². The van der Waals surface area contributed by atoms with Gasteiger partial charge in [-0.25, -0.2) is 0 Å². The molecular weight excluding hydrogens is 346 g/mol. The fraction of sp³-hybridized carbons (Fsp3) is 0.0625. The average molecular weight is 361 g/mol. The standard InChI is InChI=1S/C16H15N3O5S/c1-25(22,23)24-19-16(17)18-15(21)13-9-5-8-12(10-13)14(20)11-6-3-2-4-7-11/h2-10H,1H3,(H3,17,18,19,21). The molecule has 0 aliphatic rings. The maximum absolute atomic E-state index is 12.4. The molecule has 2 aromatic rings. The van der Waals surface area contributed by atoms with Crippen LogP contribution in [0.25, 0.3) is 0 Å². The molecule has 0 heterocycles. The molecule has 2 rings (SSSR count). The van der Waals surface area contributed by atoms with Crippen molar-refractivity contribution in [3.63, 3.8) is 0 Å². The summed E-state index contributed by atoms with van der Waals surface area (Å²) >= 11 is 0. The molecule has 3 N–H and O–H groups in total. The smallest absolute Gasteiger partial charge is 0.325 e. The largest absolute Gasteiger partial charge is 0.367 e. The third-order valence-electron chi connectivity index (χ3n) is 2.94. The number of hydrogen-bond donors (Lipinski definition) is 2. The average Bonchev–Trinajstić information content (AvgIpc) is 2.59. The van der Waals surface area contributed by atoms with Gasteiger partial charge in [-0.05, 0) is 17.3 Å².